The monoisotopic (exact) mass is 215 g/mol. The fourth-order valence-electron chi connectivity index (χ4n) is 1.33. The Kier molecular flexibility index (Phi) is 4.47. The van der Waals surface area contributed by atoms with E-state index >= 15 is 0 Å². The van der Waals surface area contributed by atoms with Crippen molar-refractivity contribution in [1.29, 1.82) is 5.26 Å². The predicted molar refractivity (Wildman–Crippen MR) is 65.0 cm³/mol. The minimum atomic E-state index is -0.343. The molecule has 0 N–H and O–H groups in total. The van der Waals surface area contributed by atoms with Gasteiger partial charge in [-0.15, -0.1) is 0 Å². The summed E-state index contributed by atoms with van der Waals surface area (Å²) < 4.78 is 13.2. The van der Waals surface area contributed by atoms with Crippen molar-refractivity contribution in [1.82, 2.24) is 0 Å². The summed E-state index contributed by atoms with van der Waals surface area (Å²) in [6.07, 6.45) is 5.88. The van der Waals surface area contributed by atoms with Gasteiger partial charge in [0, 0.05) is 0 Å². The number of unbranched alkanes of at least 4 members (excludes halogenated alkanes) is 1. The fraction of sp³-hybridized carbons (Fsp3) is 0.214. The number of rotatable bonds is 4. The van der Waals surface area contributed by atoms with Gasteiger partial charge in [0.25, 0.3) is 0 Å². The summed E-state index contributed by atoms with van der Waals surface area (Å²) in [5, 5.41) is 8.69. The van der Waals surface area contributed by atoms with Crippen LogP contribution in [0.25, 0.3) is 11.6 Å². The molecular weight excluding hydrogens is 201 g/mol. The maximum atomic E-state index is 13.2. The third-order valence-corrected chi connectivity index (χ3v) is 2.17. The Labute approximate surface area is 95.5 Å². The van der Waals surface area contributed by atoms with E-state index in [0.717, 1.165) is 18.4 Å². The number of halogens is 1. The molecule has 2 heteroatoms. The summed E-state index contributed by atoms with van der Waals surface area (Å²) in [4.78, 5) is 0. The molecule has 0 atom stereocenters. The van der Waals surface area contributed by atoms with Gasteiger partial charge in [0.15, 0.2) is 0 Å². The first kappa shape index (κ1) is 12.2. The molecule has 0 aliphatic rings. The first-order chi connectivity index (χ1) is 7.67. The lowest BCUT2D eigenvalue weighted by Crippen LogP contribution is -1.85. The van der Waals surface area contributed by atoms with E-state index in [2.05, 4.69) is 13.5 Å². The van der Waals surface area contributed by atoms with Gasteiger partial charge in [-0.05, 0) is 35.7 Å². The van der Waals surface area contributed by atoms with Gasteiger partial charge in [0.1, 0.15) is 5.82 Å². The van der Waals surface area contributed by atoms with Gasteiger partial charge in [-0.25, -0.2) is 4.39 Å². The molecule has 0 aliphatic heterocycles. The van der Waals surface area contributed by atoms with Crippen LogP contribution in [0.4, 0.5) is 4.39 Å². The highest BCUT2D eigenvalue weighted by atomic mass is 19.1. The van der Waals surface area contributed by atoms with Crippen molar-refractivity contribution in [3.8, 4) is 6.07 Å². The molecule has 0 aliphatic carbocycles. The second-order valence-electron chi connectivity index (χ2n) is 3.55. The number of nitriles is 1. The molecular formula is C14H14FN. The van der Waals surface area contributed by atoms with E-state index in [-0.39, 0.29) is 11.4 Å². The van der Waals surface area contributed by atoms with Crippen LogP contribution in [0.15, 0.2) is 30.9 Å². The Hall–Kier alpha value is -1.88. The van der Waals surface area contributed by atoms with Gasteiger partial charge < -0.3 is 0 Å². The van der Waals surface area contributed by atoms with Crippen LogP contribution >= 0.6 is 0 Å². The fourth-order valence-corrected chi connectivity index (χ4v) is 1.33. The van der Waals surface area contributed by atoms with E-state index in [9.17, 15) is 4.39 Å². The molecule has 1 aromatic carbocycles. The topological polar surface area (TPSA) is 23.8 Å². The Bertz CT molecular complexity index is 452. The van der Waals surface area contributed by atoms with Crippen LogP contribution in [0, 0.1) is 17.1 Å². The Balaban J connectivity index is 2.99. The Morgan fingerprint density at radius 3 is 2.88 bits per heavy atom. The molecule has 0 saturated heterocycles. The molecule has 1 nitrogen and oxygen atoms in total. The zero-order chi connectivity index (χ0) is 12.0. The summed E-state index contributed by atoms with van der Waals surface area (Å²) in [6.45, 7) is 5.65. The van der Waals surface area contributed by atoms with Crippen LogP contribution in [-0.2, 0) is 0 Å². The number of nitrogens with zero attached hydrogens (tertiary/aromatic N) is 1. The molecule has 0 spiro atoms. The summed E-state index contributed by atoms with van der Waals surface area (Å²) >= 11 is 0. The molecule has 1 aromatic rings. The molecule has 0 saturated carbocycles. The molecule has 82 valence electrons. The molecule has 0 heterocycles. The third-order valence-electron chi connectivity index (χ3n) is 2.17. The largest absolute Gasteiger partial charge is 0.207 e. The SMILES string of the molecule is C=C(C#N)c1cc(F)cc(/C=C/CCC)c1. The smallest absolute Gasteiger partial charge is 0.124 e. The average Bonchev–Trinajstić information content (AvgIpc) is 2.27. The summed E-state index contributed by atoms with van der Waals surface area (Å²) in [5.41, 5.74) is 1.59. The van der Waals surface area contributed by atoms with Crippen LogP contribution in [0.2, 0.25) is 0 Å². The molecule has 0 amide bonds. The third kappa shape index (κ3) is 3.36. The number of hydrogen-bond donors (Lipinski definition) is 0. The Morgan fingerprint density at radius 1 is 1.50 bits per heavy atom. The van der Waals surface area contributed by atoms with Crippen LogP contribution < -0.4 is 0 Å². The highest BCUT2D eigenvalue weighted by molar-refractivity contribution is 5.76. The van der Waals surface area contributed by atoms with E-state index in [1.54, 1.807) is 6.07 Å². The molecule has 0 unspecified atom stereocenters. The van der Waals surface area contributed by atoms with Gasteiger partial charge in [-0.3, -0.25) is 0 Å². The predicted octanol–water partition coefficient (Wildman–Crippen LogP) is 4.18. The second-order valence-corrected chi connectivity index (χ2v) is 3.55. The molecule has 0 fully saturated rings. The first-order valence-electron chi connectivity index (χ1n) is 5.24. The van der Waals surface area contributed by atoms with Gasteiger partial charge in [0.2, 0.25) is 0 Å². The zero-order valence-corrected chi connectivity index (χ0v) is 9.33. The van der Waals surface area contributed by atoms with Crippen LogP contribution in [0.3, 0.4) is 0 Å². The van der Waals surface area contributed by atoms with Crippen molar-refractivity contribution in [2.45, 2.75) is 19.8 Å². The molecule has 16 heavy (non-hydrogen) atoms. The van der Waals surface area contributed by atoms with Gasteiger partial charge in [0.05, 0.1) is 11.6 Å². The lowest BCUT2D eigenvalue weighted by atomic mass is 10.0. The Morgan fingerprint density at radius 2 is 2.25 bits per heavy atom. The van der Waals surface area contributed by atoms with E-state index < -0.39 is 0 Å². The number of hydrogen-bond acceptors (Lipinski definition) is 1. The van der Waals surface area contributed by atoms with Crippen LogP contribution in [-0.4, -0.2) is 0 Å². The minimum absolute atomic E-state index is 0.282. The normalized spacial score (nSPS) is 10.3. The number of benzene rings is 1. The van der Waals surface area contributed by atoms with Crippen molar-refractivity contribution in [3.63, 3.8) is 0 Å². The second kappa shape index (κ2) is 5.87. The average molecular weight is 215 g/mol. The molecule has 0 bridgehead atoms. The van der Waals surface area contributed by atoms with Crippen LogP contribution in [0.1, 0.15) is 30.9 Å². The zero-order valence-electron chi connectivity index (χ0n) is 9.33. The van der Waals surface area contributed by atoms with E-state index in [4.69, 9.17) is 5.26 Å². The lowest BCUT2D eigenvalue weighted by Gasteiger charge is -2.00. The van der Waals surface area contributed by atoms with Crippen molar-refractivity contribution in [2.75, 3.05) is 0 Å². The van der Waals surface area contributed by atoms with Crippen molar-refractivity contribution in [2.24, 2.45) is 0 Å². The van der Waals surface area contributed by atoms with Crippen molar-refractivity contribution >= 4 is 11.6 Å². The van der Waals surface area contributed by atoms with Crippen molar-refractivity contribution in [3.05, 3.63) is 47.8 Å². The quantitative estimate of drug-likeness (QED) is 0.691. The maximum absolute atomic E-state index is 13.2. The van der Waals surface area contributed by atoms with E-state index in [1.165, 1.54) is 12.1 Å². The molecule has 0 aromatic heterocycles. The molecule has 1 rings (SSSR count). The van der Waals surface area contributed by atoms with Crippen molar-refractivity contribution < 1.29 is 4.39 Å². The summed E-state index contributed by atoms with van der Waals surface area (Å²) in [6, 6.07) is 6.45. The first-order valence-corrected chi connectivity index (χ1v) is 5.24. The summed E-state index contributed by atoms with van der Waals surface area (Å²) in [5.74, 6) is -0.343. The highest BCUT2D eigenvalue weighted by Gasteiger charge is 2.01. The minimum Gasteiger partial charge on any atom is -0.207 e. The van der Waals surface area contributed by atoms with Gasteiger partial charge in [-0.2, -0.15) is 5.26 Å². The van der Waals surface area contributed by atoms with E-state index in [0.29, 0.717) is 5.56 Å². The van der Waals surface area contributed by atoms with Gasteiger partial charge in [-0.1, -0.05) is 32.1 Å². The highest BCUT2D eigenvalue weighted by Crippen LogP contribution is 2.17. The summed E-state index contributed by atoms with van der Waals surface area (Å²) in [7, 11) is 0. The maximum Gasteiger partial charge on any atom is 0.124 e. The van der Waals surface area contributed by atoms with Gasteiger partial charge >= 0.3 is 0 Å². The number of allylic oxidation sites excluding steroid dienone is 2. The molecule has 0 radical (unpaired) electrons. The lowest BCUT2D eigenvalue weighted by molar-refractivity contribution is 0.627. The standard InChI is InChI=1S/C14H14FN/c1-3-4-5-6-12-7-13(11(2)10-16)9-14(15)8-12/h5-9H,2-4H2,1H3/b6-5+. The van der Waals surface area contributed by atoms with E-state index in [1.807, 2.05) is 18.2 Å². The van der Waals surface area contributed by atoms with Crippen LogP contribution in [0.5, 0.6) is 0 Å².